The normalized spacial score (nSPS) is 21.6. The molecule has 1 aromatic carbocycles. The SMILES string of the molecule is CC(NC1CCCCNC1=O)c1cc(Br)ccc1F. The summed E-state index contributed by atoms with van der Waals surface area (Å²) in [6.45, 7) is 2.61. The Labute approximate surface area is 121 Å². The fraction of sp³-hybridized carbons (Fsp3) is 0.500. The lowest BCUT2D eigenvalue weighted by Gasteiger charge is -2.21. The molecule has 1 aliphatic heterocycles. The van der Waals surface area contributed by atoms with Gasteiger partial charge in [-0.05, 0) is 44.4 Å². The number of benzene rings is 1. The predicted octanol–water partition coefficient (Wildman–Crippen LogP) is 2.91. The van der Waals surface area contributed by atoms with E-state index in [0.29, 0.717) is 5.56 Å². The third-order valence-electron chi connectivity index (χ3n) is 3.41. The Morgan fingerprint density at radius 2 is 2.26 bits per heavy atom. The van der Waals surface area contributed by atoms with Gasteiger partial charge in [0.25, 0.3) is 0 Å². The largest absolute Gasteiger partial charge is 0.355 e. The fourth-order valence-electron chi connectivity index (χ4n) is 2.34. The Balaban J connectivity index is 2.09. The van der Waals surface area contributed by atoms with Crippen LogP contribution in [0.15, 0.2) is 22.7 Å². The minimum atomic E-state index is -0.253. The molecular formula is C14H18BrFN2O. The average Bonchev–Trinajstić information content (AvgIpc) is 2.58. The lowest BCUT2D eigenvalue weighted by atomic mass is 10.0. The van der Waals surface area contributed by atoms with Gasteiger partial charge in [-0.1, -0.05) is 15.9 Å². The highest BCUT2D eigenvalue weighted by atomic mass is 79.9. The Morgan fingerprint density at radius 3 is 3.05 bits per heavy atom. The molecule has 3 nitrogen and oxygen atoms in total. The molecule has 0 aromatic heterocycles. The summed E-state index contributed by atoms with van der Waals surface area (Å²) in [5.74, 6) is -0.239. The lowest BCUT2D eigenvalue weighted by Crippen LogP contribution is -2.43. The van der Waals surface area contributed by atoms with E-state index in [-0.39, 0.29) is 23.8 Å². The summed E-state index contributed by atoms with van der Waals surface area (Å²) in [7, 11) is 0. The summed E-state index contributed by atoms with van der Waals surface area (Å²) in [6, 6.07) is 4.42. The summed E-state index contributed by atoms with van der Waals surface area (Å²) in [6.07, 6.45) is 2.80. The van der Waals surface area contributed by atoms with Crippen molar-refractivity contribution in [3.63, 3.8) is 0 Å². The summed E-state index contributed by atoms with van der Waals surface area (Å²) < 4.78 is 14.6. The molecule has 0 radical (unpaired) electrons. The maximum absolute atomic E-state index is 13.8. The van der Waals surface area contributed by atoms with Crippen LogP contribution in [0.25, 0.3) is 0 Å². The van der Waals surface area contributed by atoms with Gasteiger partial charge in [0.2, 0.25) is 5.91 Å². The molecule has 0 aliphatic carbocycles. The highest BCUT2D eigenvalue weighted by molar-refractivity contribution is 9.10. The maximum atomic E-state index is 13.8. The predicted molar refractivity (Wildman–Crippen MR) is 76.3 cm³/mol. The van der Waals surface area contributed by atoms with Crippen molar-refractivity contribution in [3.05, 3.63) is 34.1 Å². The lowest BCUT2D eigenvalue weighted by molar-refractivity contribution is -0.123. The van der Waals surface area contributed by atoms with E-state index >= 15 is 0 Å². The minimum Gasteiger partial charge on any atom is -0.355 e. The molecule has 1 aromatic rings. The second kappa shape index (κ2) is 6.48. The van der Waals surface area contributed by atoms with Gasteiger partial charge in [0, 0.05) is 22.6 Å². The van der Waals surface area contributed by atoms with Gasteiger partial charge in [0.15, 0.2) is 0 Å². The molecule has 2 unspecified atom stereocenters. The van der Waals surface area contributed by atoms with E-state index < -0.39 is 0 Å². The number of hydrogen-bond donors (Lipinski definition) is 2. The zero-order valence-corrected chi connectivity index (χ0v) is 12.5. The van der Waals surface area contributed by atoms with Crippen LogP contribution >= 0.6 is 15.9 Å². The third-order valence-corrected chi connectivity index (χ3v) is 3.90. The van der Waals surface area contributed by atoms with Gasteiger partial charge >= 0.3 is 0 Å². The van der Waals surface area contributed by atoms with Gasteiger partial charge in [-0.25, -0.2) is 4.39 Å². The van der Waals surface area contributed by atoms with Crippen LogP contribution < -0.4 is 10.6 Å². The molecular weight excluding hydrogens is 311 g/mol. The molecule has 1 aliphatic rings. The van der Waals surface area contributed by atoms with Crippen molar-refractivity contribution in [3.8, 4) is 0 Å². The molecule has 0 bridgehead atoms. The van der Waals surface area contributed by atoms with Crippen LogP contribution in [0.1, 0.15) is 37.8 Å². The van der Waals surface area contributed by atoms with Gasteiger partial charge in [-0.2, -0.15) is 0 Å². The van der Waals surface area contributed by atoms with Crippen LogP contribution in [0.3, 0.4) is 0 Å². The van der Waals surface area contributed by atoms with Gasteiger partial charge in [0.05, 0.1) is 6.04 Å². The van der Waals surface area contributed by atoms with Gasteiger partial charge in [0.1, 0.15) is 5.82 Å². The fourth-order valence-corrected chi connectivity index (χ4v) is 2.72. The molecule has 1 saturated heterocycles. The molecule has 2 N–H and O–H groups in total. The summed E-state index contributed by atoms with van der Waals surface area (Å²) >= 11 is 3.34. The van der Waals surface area contributed by atoms with Crippen molar-refractivity contribution in [2.24, 2.45) is 0 Å². The van der Waals surface area contributed by atoms with E-state index in [1.54, 1.807) is 12.1 Å². The molecule has 5 heteroatoms. The highest BCUT2D eigenvalue weighted by Crippen LogP contribution is 2.22. The van der Waals surface area contributed by atoms with Crippen LogP contribution in [-0.2, 0) is 4.79 Å². The minimum absolute atomic E-state index is 0.0137. The first-order valence-electron chi connectivity index (χ1n) is 6.56. The Bertz CT molecular complexity index is 467. The zero-order valence-electron chi connectivity index (χ0n) is 10.9. The molecule has 1 fully saturated rings. The molecule has 104 valence electrons. The average molecular weight is 329 g/mol. The van der Waals surface area contributed by atoms with Crippen molar-refractivity contribution >= 4 is 21.8 Å². The second-order valence-corrected chi connectivity index (χ2v) is 5.81. The maximum Gasteiger partial charge on any atom is 0.237 e. The monoisotopic (exact) mass is 328 g/mol. The van der Waals surface area contributed by atoms with Gasteiger partial charge in [-0.15, -0.1) is 0 Å². The first-order valence-corrected chi connectivity index (χ1v) is 7.36. The van der Waals surface area contributed by atoms with E-state index in [4.69, 9.17) is 0 Å². The smallest absolute Gasteiger partial charge is 0.237 e. The van der Waals surface area contributed by atoms with E-state index in [2.05, 4.69) is 26.6 Å². The number of amides is 1. The highest BCUT2D eigenvalue weighted by Gasteiger charge is 2.23. The van der Waals surface area contributed by atoms with Crippen LogP contribution in [0.2, 0.25) is 0 Å². The second-order valence-electron chi connectivity index (χ2n) is 4.89. The number of nitrogens with one attached hydrogen (secondary N) is 2. The Morgan fingerprint density at radius 1 is 1.47 bits per heavy atom. The number of rotatable bonds is 3. The van der Waals surface area contributed by atoms with Crippen LogP contribution in [0.4, 0.5) is 4.39 Å². The third kappa shape index (κ3) is 3.76. The van der Waals surface area contributed by atoms with E-state index in [1.807, 2.05) is 6.92 Å². The van der Waals surface area contributed by atoms with Crippen molar-refractivity contribution in [2.45, 2.75) is 38.3 Å². The Hall–Kier alpha value is -0.940. The first-order chi connectivity index (χ1) is 9.08. The standard InChI is InChI=1S/C14H18BrFN2O/c1-9(11-8-10(15)5-6-12(11)16)18-13-4-2-3-7-17-14(13)19/h5-6,8-9,13,18H,2-4,7H2,1H3,(H,17,19). The summed E-state index contributed by atoms with van der Waals surface area (Å²) in [5.41, 5.74) is 0.575. The molecule has 0 spiro atoms. The van der Waals surface area contributed by atoms with Crippen molar-refractivity contribution in [1.82, 2.24) is 10.6 Å². The molecule has 19 heavy (non-hydrogen) atoms. The van der Waals surface area contributed by atoms with E-state index in [1.165, 1.54) is 6.07 Å². The van der Waals surface area contributed by atoms with Crippen molar-refractivity contribution in [1.29, 1.82) is 0 Å². The Kier molecular flexibility index (Phi) is 4.93. The van der Waals surface area contributed by atoms with E-state index in [9.17, 15) is 9.18 Å². The first kappa shape index (κ1) is 14.5. The topological polar surface area (TPSA) is 41.1 Å². The molecule has 2 rings (SSSR count). The number of carbonyl (C=O) groups excluding carboxylic acids is 1. The quantitative estimate of drug-likeness (QED) is 0.895. The number of halogens is 2. The summed E-state index contributed by atoms with van der Waals surface area (Å²) in [4.78, 5) is 11.9. The van der Waals surface area contributed by atoms with Crippen LogP contribution in [0.5, 0.6) is 0 Å². The van der Waals surface area contributed by atoms with Crippen molar-refractivity contribution in [2.75, 3.05) is 6.54 Å². The van der Waals surface area contributed by atoms with Gasteiger partial charge in [-0.3, -0.25) is 10.1 Å². The molecule has 2 atom stereocenters. The molecule has 1 amide bonds. The molecule has 0 saturated carbocycles. The van der Waals surface area contributed by atoms with Crippen LogP contribution in [-0.4, -0.2) is 18.5 Å². The number of carbonyl (C=O) groups is 1. The van der Waals surface area contributed by atoms with Crippen molar-refractivity contribution < 1.29 is 9.18 Å². The molecule has 1 heterocycles. The van der Waals surface area contributed by atoms with Gasteiger partial charge < -0.3 is 5.32 Å². The number of hydrogen-bond acceptors (Lipinski definition) is 2. The van der Waals surface area contributed by atoms with E-state index in [0.717, 1.165) is 30.3 Å². The summed E-state index contributed by atoms with van der Waals surface area (Å²) in [5, 5.41) is 6.09. The van der Waals surface area contributed by atoms with Crippen LogP contribution in [0, 0.1) is 5.82 Å². The zero-order chi connectivity index (χ0) is 13.8.